The number of benzene rings is 3. The van der Waals surface area contributed by atoms with Gasteiger partial charge >= 0.3 is 0 Å². The second-order valence-corrected chi connectivity index (χ2v) is 9.94. The van der Waals surface area contributed by atoms with Crippen molar-refractivity contribution in [1.29, 1.82) is 0 Å². The van der Waals surface area contributed by atoms with Crippen molar-refractivity contribution in [2.24, 2.45) is 0 Å². The Balaban J connectivity index is 1.97. The molecule has 0 aliphatic rings. The smallest absolute Gasteiger partial charge is 0.264 e. The van der Waals surface area contributed by atoms with Crippen molar-refractivity contribution in [3.63, 3.8) is 0 Å². The van der Waals surface area contributed by atoms with Crippen LogP contribution in [0, 0.1) is 6.92 Å². The minimum absolute atomic E-state index is 0.0477. The first-order chi connectivity index (χ1) is 17.3. The van der Waals surface area contributed by atoms with Gasteiger partial charge in [-0.2, -0.15) is 0 Å². The molecule has 0 saturated carbocycles. The Morgan fingerprint density at radius 3 is 2.28 bits per heavy atom. The lowest BCUT2D eigenvalue weighted by atomic mass is 10.1. The third kappa shape index (κ3) is 6.42. The fourth-order valence-electron chi connectivity index (χ4n) is 3.52. The number of amides is 2. The second kappa shape index (κ2) is 12.2. The Bertz CT molecular complexity index is 1310. The SMILES string of the molecule is CCCNC(=O)c1ccccc1NC(=O)CN(c1ccccc1OCC)S(=O)(=O)c1ccc(C)cc1. The van der Waals surface area contributed by atoms with E-state index in [0.717, 1.165) is 16.3 Å². The molecule has 0 unspecified atom stereocenters. The molecule has 0 atom stereocenters. The molecule has 0 spiro atoms. The van der Waals surface area contributed by atoms with E-state index in [-0.39, 0.29) is 16.5 Å². The summed E-state index contributed by atoms with van der Waals surface area (Å²) in [5.74, 6) is -0.589. The minimum Gasteiger partial charge on any atom is -0.492 e. The molecule has 0 heterocycles. The number of carbonyl (C=O) groups is 2. The van der Waals surface area contributed by atoms with Gasteiger partial charge in [-0.05, 0) is 56.7 Å². The number of nitrogens with zero attached hydrogens (tertiary/aromatic N) is 1. The number of nitrogens with one attached hydrogen (secondary N) is 2. The quantitative estimate of drug-likeness (QED) is 0.399. The van der Waals surface area contributed by atoms with Crippen LogP contribution in [0.15, 0.2) is 77.7 Å². The van der Waals surface area contributed by atoms with E-state index in [2.05, 4.69) is 10.6 Å². The number of sulfonamides is 1. The summed E-state index contributed by atoms with van der Waals surface area (Å²) in [6.07, 6.45) is 0.769. The van der Waals surface area contributed by atoms with Crippen LogP contribution in [0.5, 0.6) is 5.75 Å². The average molecular weight is 510 g/mol. The monoisotopic (exact) mass is 509 g/mol. The van der Waals surface area contributed by atoms with Gasteiger partial charge in [-0.25, -0.2) is 8.42 Å². The molecule has 0 aliphatic heterocycles. The highest BCUT2D eigenvalue weighted by Crippen LogP contribution is 2.32. The summed E-state index contributed by atoms with van der Waals surface area (Å²) in [6.45, 7) is 5.89. The number of ether oxygens (including phenoxy) is 1. The summed E-state index contributed by atoms with van der Waals surface area (Å²) in [4.78, 5) is 25.8. The number of anilines is 2. The summed E-state index contributed by atoms with van der Waals surface area (Å²) in [7, 11) is -4.12. The van der Waals surface area contributed by atoms with E-state index in [0.29, 0.717) is 30.2 Å². The molecule has 36 heavy (non-hydrogen) atoms. The van der Waals surface area contributed by atoms with E-state index < -0.39 is 22.5 Å². The Kier molecular flexibility index (Phi) is 9.08. The average Bonchev–Trinajstić information content (AvgIpc) is 2.87. The first-order valence-electron chi connectivity index (χ1n) is 11.8. The predicted octanol–water partition coefficient (Wildman–Crippen LogP) is 4.37. The molecule has 0 radical (unpaired) electrons. The van der Waals surface area contributed by atoms with Crippen molar-refractivity contribution in [2.75, 3.05) is 29.3 Å². The number of rotatable bonds is 11. The topological polar surface area (TPSA) is 105 Å². The third-order valence-electron chi connectivity index (χ3n) is 5.31. The van der Waals surface area contributed by atoms with E-state index in [1.165, 1.54) is 12.1 Å². The number of hydrogen-bond acceptors (Lipinski definition) is 5. The standard InChI is InChI=1S/C27H31N3O5S/c1-4-18-28-27(32)22-10-6-7-11-23(22)29-26(31)19-30(24-12-8-9-13-25(24)35-5-2)36(33,34)21-16-14-20(3)15-17-21/h6-17H,4-5,18-19H2,1-3H3,(H,28,32)(H,29,31). The van der Waals surface area contributed by atoms with Crippen LogP contribution in [0.3, 0.4) is 0 Å². The molecule has 8 nitrogen and oxygen atoms in total. The second-order valence-electron chi connectivity index (χ2n) is 8.08. The zero-order valence-corrected chi connectivity index (χ0v) is 21.5. The van der Waals surface area contributed by atoms with Crippen LogP contribution in [0.1, 0.15) is 36.2 Å². The van der Waals surface area contributed by atoms with Crippen LogP contribution < -0.4 is 19.7 Å². The normalized spacial score (nSPS) is 11.0. The molecule has 0 fully saturated rings. The lowest BCUT2D eigenvalue weighted by molar-refractivity contribution is -0.114. The van der Waals surface area contributed by atoms with Gasteiger partial charge in [0.1, 0.15) is 12.3 Å². The van der Waals surface area contributed by atoms with Crippen LogP contribution in [-0.2, 0) is 14.8 Å². The Labute approximate surface area is 212 Å². The van der Waals surface area contributed by atoms with E-state index in [1.54, 1.807) is 67.6 Å². The van der Waals surface area contributed by atoms with Gasteiger partial charge < -0.3 is 15.4 Å². The number of aryl methyl sites for hydroxylation is 1. The third-order valence-corrected chi connectivity index (χ3v) is 7.09. The predicted molar refractivity (Wildman–Crippen MR) is 141 cm³/mol. The van der Waals surface area contributed by atoms with Gasteiger partial charge in [-0.1, -0.05) is 48.9 Å². The number of carbonyl (C=O) groups excluding carboxylic acids is 2. The zero-order valence-electron chi connectivity index (χ0n) is 20.7. The van der Waals surface area contributed by atoms with Gasteiger partial charge in [0.05, 0.1) is 28.4 Å². The van der Waals surface area contributed by atoms with Gasteiger partial charge in [0.25, 0.3) is 15.9 Å². The summed E-state index contributed by atoms with van der Waals surface area (Å²) in [5, 5.41) is 5.49. The maximum atomic E-state index is 13.7. The number of para-hydroxylation sites is 3. The summed E-state index contributed by atoms with van der Waals surface area (Å²) >= 11 is 0. The summed E-state index contributed by atoms with van der Waals surface area (Å²) in [6, 6.07) is 19.7. The largest absolute Gasteiger partial charge is 0.492 e. The molecule has 3 rings (SSSR count). The molecule has 3 aromatic carbocycles. The van der Waals surface area contributed by atoms with E-state index in [1.807, 2.05) is 13.8 Å². The molecule has 9 heteroatoms. The summed E-state index contributed by atoms with van der Waals surface area (Å²) < 4.78 is 34.1. The van der Waals surface area contributed by atoms with E-state index in [9.17, 15) is 18.0 Å². The lowest BCUT2D eigenvalue weighted by Gasteiger charge is -2.26. The van der Waals surface area contributed by atoms with Crippen molar-refractivity contribution in [1.82, 2.24) is 5.32 Å². The van der Waals surface area contributed by atoms with Crippen molar-refractivity contribution >= 4 is 33.2 Å². The highest BCUT2D eigenvalue weighted by atomic mass is 32.2. The molecule has 0 bridgehead atoms. The van der Waals surface area contributed by atoms with E-state index in [4.69, 9.17) is 4.74 Å². The fraction of sp³-hybridized carbons (Fsp3) is 0.259. The molecule has 0 aromatic heterocycles. The van der Waals surface area contributed by atoms with Crippen LogP contribution in [0.4, 0.5) is 11.4 Å². The minimum atomic E-state index is -4.12. The fourth-order valence-corrected chi connectivity index (χ4v) is 4.95. The maximum absolute atomic E-state index is 13.7. The molecule has 2 amide bonds. The first kappa shape index (κ1) is 26.7. The van der Waals surface area contributed by atoms with Crippen molar-refractivity contribution in [2.45, 2.75) is 32.1 Å². The maximum Gasteiger partial charge on any atom is 0.264 e. The van der Waals surface area contributed by atoms with Crippen molar-refractivity contribution in [3.05, 3.63) is 83.9 Å². The highest BCUT2D eigenvalue weighted by Gasteiger charge is 2.29. The molecular formula is C27H31N3O5S. The molecule has 3 aromatic rings. The Morgan fingerprint density at radius 1 is 0.917 bits per heavy atom. The van der Waals surface area contributed by atoms with Crippen LogP contribution in [0.25, 0.3) is 0 Å². The van der Waals surface area contributed by atoms with Crippen LogP contribution in [-0.4, -0.2) is 39.9 Å². The molecule has 2 N–H and O–H groups in total. The first-order valence-corrected chi connectivity index (χ1v) is 13.2. The molecular weight excluding hydrogens is 478 g/mol. The van der Waals surface area contributed by atoms with Gasteiger partial charge in [0, 0.05) is 6.54 Å². The Hall–Kier alpha value is -3.85. The molecule has 0 aliphatic carbocycles. The molecule has 0 saturated heterocycles. The lowest BCUT2D eigenvalue weighted by Crippen LogP contribution is -2.38. The number of hydrogen-bond donors (Lipinski definition) is 2. The van der Waals surface area contributed by atoms with Crippen molar-refractivity contribution in [3.8, 4) is 5.75 Å². The molecule has 190 valence electrons. The van der Waals surface area contributed by atoms with Gasteiger partial charge in [0.2, 0.25) is 5.91 Å². The van der Waals surface area contributed by atoms with Gasteiger partial charge in [-0.15, -0.1) is 0 Å². The zero-order chi connectivity index (χ0) is 26.1. The van der Waals surface area contributed by atoms with Crippen molar-refractivity contribution < 1.29 is 22.7 Å². The van der Waals surface area contributed by atoms with Gasteiger partial charge in [-0.3, -0.25) is 13.9 Å². The van der Waals surface area contributed by atoms with Crippen LogP contribution in [0.2, 0.25) is 0 Å². The highest BCUT2D eigenvalue weighted by molar-refractivity contribution is 7.92. The van der Waals surface area contributed by atoms with Gasteiger partial charge in [0.15, 0.2) is 0 Å². The van der Waals surface area contributed by atoms with Crippen LogP contribution >= 0.6 is 0 Å². The Morgan fingerprint density at radius 2 is 1.58 bits per heavy atom. The van der Waals surface area contributed by atoms with E-state index >= 15 is 0 Å². The summed E-state index contributed by atoms with van der Waals surface area (Å²) in [5.41, 5.74) is 1.74.